The van der Waals surface area contributed by atoms with Crippen LogP contribution in [0.2, 0.25) is 0 Å². The number of fused-ring (bicyclic) bond motifs is 3. The lowest BCUT2D eigenvalue weighted by Crippen LogP contribution is -2.45. The summed E-state index contributed by atoms with van der Waals surface area (Å²) in [5, 5.41) is 0. The molecule has 88 valence electrons. The Hall–Kier alpha value is -1.09. The Balaban J connectivity index is 1.99. The fraction of sp³-hybridized carbons (Fsp3) is 0.357. The van der Waals surface area contributed by atoms with Crippen LogP contribution in [0.5, 0.6) is 0 Å². The summed E-state index contributed by atoms with van der Waals surface area (Å²) in [7, 11) is 0. The predicted molar refractivity (Wildman–Crippen MR) is 71.4 cm³/mol. The summed E-state index contributed by atoms with van der Waals surface area (Å²) in [6.45, 7) is 2.07. The van der Waals surface area contributed by atoms with Gasteiger partial charge in [0.2, 0.25) is 0 Å². The van der Waals surface area contributed by atoms with Crippen LogP contribution in [0.25, 0.3) is 6.08 Å². The number of piperidine rings is 3. The van der Waals surface area contributed by atoms with Crippen molar-refractivity contribution in [1.82, 2.24) is 4.90 Å². The first-order valence-electron chi connectivity index (χ1n) is 6.01. The number of allylic oxidation sites excluding steroid dienone is 1. The molecule has 0 spiro atoms. The molecular formula is C14H14BrNO. The molecular weight excluding hydrogens is 278 g/mol. The SMILES string of the molecule is O=C1/C(=C/c2ccccc2Br)N2CCC1CC2. The molecule has 0 amide bonds. The van der Waals surface area contributed by atoms with Crippen molar-refractivity contribution in [2.24, 2.45) is 5.92 Å². The van der Waals surface area contributed by atoms with Crippen LogP contribution in [-0.4, -0.2) is 23.8 Å². The molecule has 3 aliphatic rings. The molecule has 3 fully saturated rings. The fourth-order valence-electron chi connectivity index (χ4n) is 2.65. The highest BCUT2D eigenvalue weighted by Gasteiger charge is 2.36. The quantitative estimate of drug-likeness (QED) is 0.741. The number of Topliss-reactive ketones (excluding diaryl/α,β-unsaturated/α-hetero) is 1. The van der Waals surface area contributed by atoms with E-state index in [4.69, 9.17) is 0 Å². The van der Waals surface area contributed by atoms with Gasteiger partial charge in [-0.05, 0) is 30.5 Å². The molecule has 17 heavy (non-hydrogen) atoms. The maximum atomic E-state index is 12.2. The largest absolute Gasteiger partial charge is 0.369 e. The molecule has 3 saturated heterocycles. The number of hydrogen-bond donors (Lipinski definition) is 0. The molecule has 1 aromatic rings. The minimum absolute atomic E-state index is 0.272. The third-order valence-corrected chi connectivity index (χ3v) is 4.38. The number of benzene rings is 1. The molecule has 0 saturated carbocycles. The second kappa shape index (κ2) is 4.30. The van der Waals surface area contributed by atoms with Crippen molar-refractivity contribution in [3.63, 3.8) is 0 Å². The fourth-order valence-corrected chi connectivity index (χ4v) is 3.05. The second-order valence-corrected chi connectivity index (χ2v) is 5.53. The van der Waals surface area contributed by atoms with Crippen LogP contribution in [0.15, 0.2) is 34.4 Å². The Bertz CT molecular complexity index is 487. The van der Waals surface area contributed by atoms with Gasteiger partial charge in [0.1, 0.15) is 0 Å². The number of halogens is 1. The standard InChI is InChI=1S/C14H14BrNO/c15-12-4-2-1-3-11(12)9-13-14(17)10-5-7-16(13)8-6-10/h1-4,9-10H,5-8H2/b13-9-. The Labute approximate surface area is 109 Å². The Morgan fingerprint density at radius 2 is 1.94 bits per heavy atom. The molecule has 0 unspecified atom stereocenters. The molecule has 0 radical (unpaired) electrons. The number of ketones is 1. The first-order chi connectivity index (χ1) is 8.25. The summed E-state index contributed by atoms with van der Waals surface area (Å²) in [4.78, 5) is 14.4. The average molecular weight is 292 g/mol. The van der Waals surface area contributed by atoms with Crippen molar-refractivity contribution in [2.45, 2.75) is 12.8 Å². The van der Waals surface area contributed by atoms with Gasteiger partial charge in [-0.3, -0.25) is 4.79 Å². The van der Waals surface area contributed by atoms with Crippen LogP contribution in [0.3, 0.4) is 0 Å². The van der Waals surface area contributed by atoms with Crippen LogP contribution in [-0.2, 0) is 4.79 Å². The van der Waals surface area contributed by atoms with Crippen molar-refractivity contribution in [3.8, 4) is 0 Å². The summed E-state index contributed by atoms with van der Waals surface area (Å²) in [5.74, 6) is 0.604. The molecule has 0 N–H and O–H groups in total. The lowest BCUT2D eigenvalue weighted by molar-refractivity contribution is -0.125. The highest BCUT2D eigenvalue weighted by atomic mass is 79.9. The third-order valence-electron chi connectivity index (χ3n) is 3.66. The van der Waals surface area contributed by atoms with Crippen LogP contribution < -0.4 is 0 Å². The van der Waals surface area contributed by atoms with Crippen LogP contribution in [0.1, 0.15) is 18.4 Å². The van der Waals surface area contributed by atoms with E-state index in [1.807, 2.05) is 30.3 Å². The van der Waals surface area contributed by atoms with Crippen molar-refractivity contribution >= 4 is 27.8 Å². The molecule has 2 nitrogen and oxygen atoms in total. The maximum Gasteiger partial charge on any atom is 0.182 e. The summed E-state index contributed by atoms with van der Waals surface area (Å²) in [6, 6.07) is 8.03. The molecule has 3 aliphatic heterocycles. The molecule has 0 atom stereocenters. The molecule has 2 bridgehead atoms. The van der Waals surface area contributed by atoms with E-state index in [-0.39, 0.29) is 5.92 Å². The molecule has 3 heteroatoms. The monoisotopic (exact) mass is 291 g/mol. The second-order valence-electron chi connectivity index (χ2n) is 4.68. The van der Waals surface area contributed by atoms with Crippen molar-refractivity contribution in [2.75, 3.05) is 13.1 Å². The van der Waals surface area contributed by atoms with Crippen LogP contribution in [0.4, 0.5) is 0 Å². The zero-order chi connectivity index (χ0) is 11.8. The van der Waals surface area contributed by atoms with E-state index in [2.05, 4.69) is 20.8 Å². The smallest absolute Gasteiger partial charge is 0.182 e. The van der Waals surface area contributed by atoms with Gasteiger partial charge in [0.05, 0.1) is 5.70 Å². The van der Waals surface area contributed by atoms with Gasteiger partial charge in [-0.15, -0.1) is 0 Å². The van der Waals surface area contributed by atoms with E-state index in [0.29, 0.717) is 5.78 Å². The van der Waals surface area contributed by atoms with Gasteiger partial charge >= 0.3 is 0 Å². The molecule has 4 rings (SSSR count). The Kier molecular flexibility index (Phi) is 2.79. The Morgan fingerprint density at radius 3 is 2.59 bits per heavy atom. The van der Waals surface area contributed by atoms with E-state index >= 15 is 0 Å². The lowest BCUT2D eigenvalue weighted by Gasteiger charge is -2.41. The van der Waals surface area contributed by atoms with Gasteiger partial charge in [-0.1, -0.05) is 34.1 Å². The summed E-state index contributed by atoms with van der Waals surface area (Å²) in [6.07, 6.45) is 4.09. The average Bonchev–Trinajstić information content (AvgIpc) is 2.36. The summed E-state index contributed by atoms with van der Waals surface area (Å²) in [5.41, 5.74) is 1.99. The first kappa shape index (κ1) is 11.0. The minimum Gasteiger partial charge on any atom is -0.369 e. The zero-order valence-corrected chi connectivity index (χ0v) is 11.1. The zero-order valence-electron chi connectivity index (χ0n) is 9.53. The normalized spacial score (nSPS) is 22.5. The number of rotatable bonds is 1. The van der Waals surface area contributed by atoms with Gasteiger partial charge in [-0.2, -0.15) is 0 Å². The first-order valence-corrected chi connectivity index (χ1v) is 6.80. The topological polar surface area (TPSA) is 20.3 Å². The van der Waals surface area contributed by atoms with Crippen molar-refractivity contribution in [3.05, 3.63) is 40.0 Å². The van der Waals surface area contributed by atoms with Crippen LogP contribution in [0, 0.1) is 5.92 Å². The van der Waals surface area contributed by atoms with Crippen molar-refractivity contribution in [1.29, 1.82) is 0 Å². The van der Waals surface area contributed by atoms with Crippen LogP contribution >= 0.6 is 15.9 Å². The van der Waals surface area contributed by atoms with Gasteiger partial charge in [0, 0.05) is 23.5 Å². The van der Waals surface area contributed by atoms with E-state index in [1.54, 1.807) is 0 Å². The number of carbonyl (C=O) groups excluding carboxylic acids is 1. The Morgan fingerprint density at radius 1 is 1.24 bits per heavy atom. The van der Waals surface area contributed by atoms with Gasteiger partial charge in [-0.25, -0.2) is 0 Å². The van der Waals surface area contributed by atoms with Gasteiger partial charge < -0.3 is 4.90 Å². The number of carbonyl (C=O) groups is 1. The highest BCUT2D eigenvalue weighted by molar-refractivity contribution is 9.10. The number of hydrogen-bond acceptors (Lipinski definition) is 2. The van der Waals surface area contributed by atoms with Gasteiger partial charge in [0.25, 0.3) is 0 Å². The maximum absolute atomic E-state index is 12.2. The molecule has 0 aliphatic carbocycles. The predicted octanol–water partition coefficient (Wildman–Crippen LogP) is 3.08. The van der Waals surface area contributed by atoms with E-state index in [1.165, 1.54) is 0 Å². The molecule has 1 aromatic carbocycles. The van der Waals surface area contributed by atoms with E-state index in [9.17, 15) is 4.79 Å². The van der Waals surface area contributed by atoms with E-state index < -0.39 is 0 Å². The number of nitrogens with zero attached hydrogens (tertiary/aromatic N) is 1. The highest BCUT2D eigenvalue weighted by Crippen LogP contribution is 2.33. The van der Waals surface area contributed by atoms with Crippen molar-refractivity contribution < 1.29 is 4.79 Å². The third kappa shape index (κ3) is 1.93. The lowest BCUT2D eigenvalue weighted by atomic mass is 9.84. The minimum atomic E-state index is 0.272. The summed E-state index contributed by atoms with van der Waals surface area (Å²) < 4.78 is 1.04. The molecule has 0 aromatic heterocycles. The van der Waals surface area contributed by atoms with Gasteiger partial charge in [0.15, 0.2) is 5.78 Å². The van der Waals surface area contributed by atoms with E-state index in [0.717, 1.165) is 41.7 Å². The summed E-state index contributed by atoms with van der Waals surface area (Å²) >= 11 is 3.52. The molecule has 3 heterocycles.